The van der Waals surface area contributed by atoms with Crippen molar-refractivity contribution in [2.45, 2.75) is 13.8 Å². The van der Waals surface area contributed by atoms with E-state index in [9.17, 15) is 9.59 Å². The Morgan fingerprint density at radius 2 is 2.36 bits per heavy atom. The Hall–Kier alpha value is -1.41. The fraction of sp³-hybridized carbons (Fsp3) is 0.429. The summed E-state index contributed by atoms with van der Waals surface area (Å²) in [6.07, 6.45) is 2.42. The van der Waals surface area contributed by atoms with Crippen LogP contribution in [0.4, 0.5) is 0 Å². The van der Waals surface area contributed by atoms with E-state index in [2.05, 4.69) is 4.99 Å². The molecule has 0 aromatic rings. The van der Waals surface area contributed by atoms with Gasteiger partial charge in [-0.3, -0.25) is 4.79 Å². The average molecular weight is 155 g/mol. The van der Waals surface area contributed by atoms with E-state index >= 15 is 0 Å². The Balaban J connectivity index is 4.11. The van der Waals surface area contributed by atoms with Crippen LogP contribution in [0.2, 0.25) is 0 Å². The van der Waals surface area contributed by atoms with E-state index in [1.165, 1.54) is 13.2 Å². The first-order valence-corrected chi connectivity index (χ1v) is 3.13. The highest BCUT2D eigenvalue weighted by Crippen LogP contribution is 1.95. The monoisotopic (exact) mass is 155 g/mol. The number of rotatable bonds is 3. The van der Waals surface area contributed by atoms with Crippen LogP contribution in [0.1, 0.15) is 13.8 Å². The van der Waals surface area contributed by atoms with Crippen LogP contribution in [-0.4, -0.2) is 18.6 Å². The maximum absolute atomic E-state index is 10.7. The lowest BCUT2D eigenvalue weighted by molar-refractivity contribution is -0.114. The number of hydrogen-bond acceptors (Lipinski definition) is 3. The molecule has 0 saturated heterocycles. The molecule has 0 fully saturated rings. The van der Waals surface area contributed by atoms with Gasteiger partial charge in [0.1, 0.15) is 0 Å². The molecule has 0 unspecified atom stereocenters. The molecule has 0 radical (unpaired) electrons. The van der Waals surface area contributed by atoms with Gasteiger partial charge < -0.3 is 4.74 Å². The van der Waals surface area contributed by atoms with Gasteiger partial charge in [0.2, 0.25) is 6.08 Å². The van der Waals surface area contributed by atoms with Crippen LogP contribution < -0.4 is 0 Å². The molecule has 4 nitrogen and oxygen atoms in total. The van der Waals surface area contributed by atoms with Crippen LogP contribution in [-0.2, 0) is 14.3 Å². The van der Waals surface area contributed by atoms with Crippen molar-refractivity contribution < 1.29 is 14.3 Å². The molecule has 0 rings (SSSR count). The first-order valence-electron chi connectivity index (χ1n) is 3.13. The van der Waals surface area contributed by atoms with Crippen molar-refractivity contribution in [1.29, 1.82) is 0 Å². The summed E-state index contributed by atoms with van der Waals surface area (Å²) < 4.78 is 4.79. The minimum Gasteiger partial charge on any atom is -0.501 e. The molecule has 0 aliphatic rings. The van der Waals surface area contributed by atoms with Gasteiger partial charge in [0, 0.05) is 0 Å². The van der Waals surface area contributed by atoms with Crippen molar-refractivity contribution in [2.75, 3.05) is 6.61 Å². The lowest BCUT2D eigenvalue weighted by Gasteiger charge is -1.94. The van der Waals surface area contributed by atoms with Gasteiger partial charge >= 0.3 is 0 Å². The number of amides is 1. The Kier molecular flexibility index (Phi) is 4.69. The molecule has 0 atom stereocenters. The smallest absolute Gasteiger partial charge is 0.286 e. The zero-order chi connectivity index (χ0) is 8.69. The molecule has 0 spiro atoms. The van der Waals surface area contributed by atoms with Crippen molar-refractivity contribution in [3.8, 4) is 0 Å². The summed E-state index contributed by atoms with van der Waals surface area (Å²) in [7, 11) is 0. The van der Waals surface area contributed by atoms with Crippen LogP contribution in [0.25, 0.3) is 0 Å². The van der Waals surface area contributed by atoms with E-state index in [1.807, 2.05) is 0 Å². The van der Waals surface area contributed by atoms with E-state index in [4.69, 9.17) is 4.74 Å². The van der Waals surface area contributed by atoms with Crippen molar-refractivity contribution in [3.05, 3.63) is 11.8 Å². The minimum atomic E-state index is -0.617. The number of ether oxygens (including phenoxy) is 1. The summed E-state index contributed by atoms with van der Waals surface area (Å²) in [5, 5.41) is 0. The highest BCUT2D eigenvalue weighted by Gasteiger charge is 2.00. The predicted molar refractivity (Wildman–Crippen MR) is 38.5 cm³/mol. The molecule has 0 saturated carbocycles. The van der Waals surface area contributed by atoms with Crippen molar-refractivity contribution in [1.82, 2.24) is 0 Å². The van der Waals surface area contributed by atoms with Gasteiger partial charge in [-0.2, -0.15) is 0 Å². The molecular weight excluding hydrogens is 146 g/mol. The SMILES string of the molecule is CCOC=C(C)C(=O)N=C=O. The summed E-state index contributed by atoms with van der Waals surface area (Å²) in [6.45, 7) is 3.78. The van der Waals surface area contributed by atoms with E-state index in [0.717, 1.165) is 6.08 Å². The van der Waals surface area contributed by atoms with Crippen molar-refractivity contribution in [2.24, 2.45) is 4.99 Å². The fourth-order valence-corrected chi connectivity index (χ4v) is 0.388. The van der Waals surface area contributed by atoms with E-state index < -0.39 is 5.91 Å². The van der Waals surface area contributed by atoms with Crippen LogP contribution in [0.15, 0.2) is 16.8 Å². The third-order valence-corrected chi connectivity index (χ3v) is 0.911. The standard InChI is InChI=1S/C7H9NO3/c1-3-11-4-6(2)7(10)8-5-9/h4H,3H2,1-2H3. The quantitative estimate of drug-likeness (QED) is 0.262. The molecule has 0 bridgehead atoms. The van der Waals surface area contributed by atoms with Gasteiger partial charge in [0.15, 0.2) is 0 Å². The topological polar surface area (TPSA) is 55.7 Å². The maximum atomic E-state index is 10.7. The number of carbonyl (C=O) groups excluding carboxylic acids is 2. The van der Waals surface area contributed by atoms with Gasteiger partial charge in [-0.15, -0.1) is 4.99 Å². The van der Waals surface area contributed by atoms with Crippen LogP contribution in [0.3, 0.4) is 0 Å². The Labute approximate surface area is 64.6 Å². The molecule has 0 aromatic carbocycles. The molecule has 11 heavy (non-hydrogen) atoms. The molecule has 4 heteroatoms. The summed E-state index contributed by atoms with van der Waals surface area (Å²) in [4.78, 5) is 23.2. The van der Waals surface area contributed by atoms with Crippen LogP contribution in [0.5, 0.6) is 0 Å². The van der Waals surface area contributed by atoms with Gasteiger partial charge in [0.05, 0.1) is 18.4 Å². The number of isocyanates is 1. The second-order valence-corrected chi connectivity index (χ2v) is 1.76. The Morgan fingerprint density at radius 1 is 1.73 bits per heavy atom. The second kappa shape index (κ2) is 5.38. The number of aliphatic imine (C=N–C) groups is 1. The fourth-order valence-electron chi connectivity index (χ4n) is 0.388. The minimum absolute atomic E-state index is 0.287. The first kappa shape index (κ1) is 9.59. The zero-order valence-electron chi connectivity index (χ0n) is 6.46. The average Bonchev–Trinajstić information content (AvgIpc) is 2.00. The van der Waals surface area contributed by atoms with Gasteiger partial charge in [-0.05, 0) is 13.8 Å². The van der Waals surface area contributed by atoms with Gasteiger partial charge in [-0.1, -0.05) is 0 Å². The molecule has 0 aliphatic carbocycles. The normalized spacial score (nSPS) is 10.2. The summed E-state index contributed by atoms with van der Waals surface area (Å²) >= 11 is 0. The number of carbonyl (C=O) groups is 1. The zero-order valence-corrected chi connectivity index (χ0v) is 6.46. The van der Waals surface area contributed by atoms with E-state index in [-0.39, 0.29) is 5.57 Å². The molecule has 1 amide bonds. The summed E-state index contributed by atoms with van der Waals surface area (Å²) in [5.74, 6) is -0.617. The highest BCUT2D eigenvalue weighted by atomic mass is 16.5. The molecule has 60 valence electrons. The summed E-state index contributed by atoms with van der Waals surface area (Å²) in [6, 6.07) is 0. The molecule has 0 N–H and O–H groups in total. The van der Waals surface area contributed by atoms with E-state index in [1.54, 1.807) is 6.92 Å². The van der Waals surface area contributed by atoms with Crippen LogP contribution >= 0.6 is 0 Å². The van der Waals surface area contributed by atoms with Crippen molar-refractivity contribution >= 4 is 12.0 Å². The second-order valence-electron chi connectivity index (χ2n) is 1.76. The van der Waals surface area contributed by atoms with E-state index in [0.29, 0.717) is 6.61 Å². The largest absolute Gasteiger partial charge is 0.501 e. The molecule has 0 heterocycles. The predicted octanol–water partition coefficient (Wildman–Crippen LogP) is 0.789. The third-order valence-electron chi connectivity index (χ3n) is 0.911. The van der Waals surface area contributed by atoms with Gasteiger partial charge in [0.25, 0.3) is 5.91 Å². The molecule has 0 aromatic heterocycles. The van der Waals surface area contributed by atoms with Gasteiger partial charge in [-0.25, -0.2) is 4.79 Å². The molecular formula is C7H9NO3. The Morgan fingerprint density at radius 3 is 2.82 bits per heavy atom. The number of hydrogen-bond donors (Lipinski definition) is 0. The summed E-state index contributed by atoms with van der Waals surface area (Å²) in [5.41, 5.74) is 0.287. The first-order chi connectivity index (χ1) is 5.22. The number of nitrogens with zero attached hydrogens (tertiary/aromatic N) is 1. The van der Waals surface area contributed by atoms with Crippen molar-refractivity contribution in [3.63, 3.8) is 0 Å². The maximum Gasteiger partial charge on any atom is 0.286 e. The Bertz CT molecular complexity index is 214. The third kappa shape index (κ3) is 4.06. The lowest BCUT2D eigenvalue weighted by atomic mass is 10.3. The molecule has 0 aliphatic heterocycles. The van der Waals surface area contributed by atoms with Crippen LogP contribution in [0, 0.1) is 0 Å². The highest BCUT2D eigenvalue weighted by molar-refractivity contribution is 5.95. The lowest BCUT2D eigenvalue weighted by Crippen LogP contribution is -1.95.